The van der Waals surface area contributed by atoms with Gasteiger partial charge >= 0.3 is 11.9 Å². The van der Waals surface area contributed by atoms with Crippen molar-refractivity contribution in [3.8, 4) is 0 Å². The molecule has 0 aromatic heterocycles. The maximum atomic E-state index is 13.1. The molecule has 1 saturated carbocycles. The summed E-state index contributed by atoms with van der Waals surface area (Å²) in [5, 5.41) is 25.1. The van der Waals surface area contributed by atoms with Crippen LogP contribution in [0.25, 0.3) is 0 Å². The Morgan fingerprint density at radius 3 is 2.36 bits per heavy atom. The van der Waals surface area contributed by atoms with Gasteiger partial charge in [-0.25, -0.2) is 9.59 Å². The van der Waals surface area contributed by atoms with Gasteiger partial charge in [-0.1, -0.05) is 44.2 Å². The molecule has 9 heteroatoms. The standard InChI is InChI=1S/C27H40N2O7/c1-18(22(31)29-13-9-12-21(29)23(32)35-4)28-27(34,24(33)36-5)15-20(30)14-26(16-25(2,3)17-26)19-10-7-6-8-11-19/h6-8,10-11,18,20-21,28,30,34H,9,12-17H2,1-5H3/t18-,20?,21-,27?/m0/s1. The van der Waals surface area contributed by atoms with E-state index in [-0.39, 0.29) is 17.3 Å². The van der Waals surface area contributed by atoms with Gasteiger partial charge in [0.15, 0.2) is 0 Å². The third-order valence-electron chi connectivity index (χ3n) is 7.54. The highest BCUT2D eigenvalue weighted by Crippen LogP contribution is 2.57. The number of nitrogens with zero attached hydrogens (tertiary/aromatic N) is 1. The second-order valence-corrected chi connectivity index (χ2v) is 11.2. The number of aliphatic hydroxyl groups excluding tert-OH is 1. The zero-order chi connectivity index (χ0) is 26.7. The van der Waals surface area contributed by atoms with E-state index < -0.39 is 41.8 Å². The van der Waals surface area contributed by atoms with E-state index in [1.807, 2.05) is 30.3 Å². The third-order valence-corrected chi connectivity index (χ3v) is 7.54. The summed E-state index contributed by atoms with van der Waals surface area (Å²) in [6.07, 6.45) is 1.81. The first-order valence-electron chi connectivity index (χ1n) is 12.6. The van der Waals surface area contributed by atoms with E-state index >= 15 is 0 Å². The second kappa shape index (κ2) is 10.9. The maximum Gasteiger partial charge on any atom is 0.353 e. The number of nitrogens with one attached hydrogen (secondary N) is 1. The van der Waals surface area contributed by atoms with E-state index in [0.717, 1.165) is 25.5 Å². The number of carbonyl (C=O) groups is 3. The average molecular weight is 505 g/mol. The van der Waals surface area contributed by atoms with Crippen molar-refractivity contribution >= 4 is 17.8 Å². The summed E-state index contributed by atoms with van der Waals surface area (Å²) >= 11 is 0. The van der Waals surface area contributed by atoms with Crippen molar-refractivity contribution in [3.63, 3.8) is 0 Å². The van der Waals surface area contributed by atoms with E-state index in [4.69, 9.17) is 9.47 Å². The fourth-order valence-electron chi connectivity index (χ4n) is 6.35. The number of rotatable bonds is 10. The van der Waals surface area contributed by atoms with E-state index in [0.29, 0.717) is 25.8 Å². The summed E-state index contributed by atoms with van der Waals surface area (Å²) in [7, 11) is 2.41. The molecule has 1 aromatic carbocycles. The summed E-state index contributed by atoms with van der Waals surface area (Å²) in [6, 6.07) is 8.25. The van der Waals surface area contributed by atoms with Crippen LogP contribution in [0.15, 0.2) is 30.3 Å². The molecular formula is C27H40N2O7. The molecule has 1 heterocycles. The number of hydrogen-bond donors (Lipinski definition) is 3. The van der Waals surface area contributed by atoms with Crippen LogP contribution in [-0.2, 0) is 29.3 Å². The Morgan fingerprint density at radius 2 is 1.81 bits per heavy atom. The molecule has 3 rings (SSSR count). The molecule has 200 valence electrons. The van der Waals surface area contributed by atoms with Crippen LogP contribution in [0, 0.1) is 5.41 Å². The van der Waals surface area contributed by atoms with Gasteiger partial charge < -0.3 is 24.6 Å². The van der Waals surface area contributed by atoms with Crippen molar-refractivity contribution in [2.45, 2.75) is 88.6 Å². The van der Waals surface area contributed by atoms with Crippen LogP contribution in [-0.4, -0.2) is 77.6 Å². The molecule has 2 aliphatic rings. The predicted molar refractivity (Wildman–Crippen MR) is 133 cm³/mol. The smallest absolute Gasteiger partial charge is 0.353 e. The van der Waals surface area contributed by atoms with Gasteiger partial charge in [0.25, 0.3) is 0 Å². The fraction of sp³-hybridized carbons (Fsp3) is 0.667. The zero-order valence-electron chi connectivity index (χ0n) is 22.0. The minimum absolute atomic E-state index is 0.124. The number of benzene rings is 1. The van der Waals surface area contributed by atoms with Crippen LogP contribution in [0.1, 0.15) is 64.9 Å². The van der Waals surface area contributed by atoms with Crippen molar-refractivity contribution in [2.75, 3.05) is 20.8 Å². The lowest BCUT2D eigenvalue weighted by molar-refractivity contribution is -0.173. The minimum Gasteiger partial charge on any atom is -0.467 e. The lowest BCUT2D eigenvalue weighted by Crippen LogP contribution is -2.62. The molecule has 1 aliphatic carbocycles. The number of hydrogen-bond acceptors (Lipinski definition) is 8. The average Bonchev–Trinajstić information content (AvgIpc) is 3.31. The maximum absolute atomic E-state index is 13.1. The number of ether oxygens (including phenoxy) is 2. The molecule has 0 spiro atoms. The predicted octanol–water partition coefficient (Wildman–Crippen LogP) is 1.89. The molecule has 4 atom stereocenters. The summed E-state index contributed by atoms with van der Waals surface area (Å²) in [5.74, 6) is -1.93. The van der Waals surface area contributed by atoms with Gasteiger partial charge in [-0.15, -0.1) is 0 Å². The zero-order valence-corrected chi connectivity index (χ0v) is 22.0. The summed E-state index contributed by atoms with van der Waals surface area (Å²) in [6.45, 7) is 6.24. The topological polar surface area (TPSA) is 125 Å². The molecule has 1 aromatic rings. The van der Waals surface area contributed by atoms with Gasteiger partial charge in [0.2, 0.25) is 11.6 Å². The van der Waals surface area contributed by atoms with Crippen LogP contribution in [0.4, 0.5) is 0 Å². The van der Waals surface area contributed by atoms with Gasteiger partial charge in [0.1, 0.15) is 6.04 Å². The lowest BCUT2D eigenvalue weighted by Gasteiger charge is -2.55. The van der Waals surface area contributed by atoms with Crippen molar-refractivity contribution < 1.29 is 34.1 Å². The lowest BCUT2D eigenvalue weighted by atomic mass is 9.50. The molecule has 36 heavy (non-hydrogen) atoms. The molecule has 0 radical (unpaired) electrons. The molecular weight excluding hydrogens is 464 g/mol. The quantitative estimate of drug-likeness (QED) is 0.326. The Balaban J connectivity index is 1.74. The van der Waals surface area contributed by atoms with E-state index in [9.17, 15) is 24.6 Å². The van der Waals surface area contributed by atoms with Crippen molar-refractivity contribution in [3.05, 3.63) is 35.9 Å². The SMILES string of the molecule is COC(=O)[C@@H]1CCCN1C(=O)[C@H](C)NC(O)(CC(O)CC1(c2ccccc2)CC(C)(C)C1)C(=O)OC. The molecule has 1 amide bonds. The van der Waals surface area contributed by atoms with Crippen LogP contribution in [0.3, 0.4) is 0 Å². The van der Waals surface area contributed by atoms with Crippen molar-refractivity contribution in [1.82, 2.24) is 10.2 Å². The van der Waals surface area contributed by atoms with Crippen molar-refractivity contribution in [1.29, 1.82) is 0 Å². The number of methoxy groups -OCH3 is 2. The highest BCUT2D eigenvalue weighted by molar-refractivity contribution is 5.89. The summed E-state index contributed by atoms with van der Waals surface area (Å²) in [4.78, 5) is 39.2. The first kappa shape index (κ1) is 28.1. The van der Waals surface area contributed by atoms with Gasteiger partial charge in [-0.05, 0) is 55.4 Å². The number of carbonyl (C=O) groups excluding carboxylic acids is 3. The Hall–Kier alpha value is -2.49. The highest BCUT2D eigenvalue weighted by atomic mass is 16.5. The monoisotopic (exact) mass is 504 g/mol. The van der Waals surface area contributed by atoms with Crippen molar-refractivity contribution in [2.24, 2.45) is 5.41 Å². The van der Waals surface area contributed by atoms with E-state index in [1.54, 1.807) is 0 Å². The minimum atomic E-state index is -2.29. The van der Waals surface area contributed by atoms with E-state index in [1.165, 1.54) is 18.9 Å². The molecule has 2 fully saturated rings. The molecule has 0 bridgehead atoms. The van der Waals surface area contributed by atoms with E-state index in [2.05, 4.69) is 19.2 Å². The second-order valence-electron chi connectivity index (χ2n) is 11.2. The summed E-state index contributed by atoms with van der Waals surface area (Å²) < 4.78 is 9.63. The Morgan fingerprint density at radius 1 is 1.17 bits per heavy atom. The number of likely N-dealkylation sites (tertiary alicyclic amines) is 1. The van der Waals surface area contributed by atoms with Crippen LogP contribution < -0.4 is 5.32 Å². The first-order chi connectivity index (χ1) is 16.9. The van der Waals surface area contributed by atoms with Crippen LogP contribution in [0.2, 0.25) is 0 Å². The molecule has 9 nitrogen and oxygen atoms in total. The van der Waals surface area contributed by atoms with Gasteiger partial charge in [0, 0.05) is 13.0 Å². The molecule has 2 unspecified atom stereocenters. The number of esters is 2. The number of aliphatic hydroxyl groups is 2. The number of amides is 1. The molecule has 1 saturated heterocycles. The fourth-order valence-corrected chi connectivity index (χ4v) is 6.35. The van der Waals surface area contributed by atoms with Gasteiger partial charge in [-0.2, -0.15) is 0 Å². The Labute approximate surface area is 213 Å². The highest BCUT2D eigenvalue weighted by Gasteiger charge is 2.52. The summed E-state index contributed by atoms with van der Waals surface area (Å²) in [5.41, 5.74) is -1.32. The van der Waals surface area contributed by atoms with Gasteiger partial charge in [-0.3, -0.25) is 10.1 Å². The third kappa shape index (κ3) is 5.90. The van der Waals surface area contributed by atoms with Crippen LogP contribution in [0.5, 0.6) is 0 Å². The largest absolute Gasteiger partial charge is 0.467 e. The Bertz CT molecular complexity index is 943. The Kier molecular flexibility index (Phi) is 8.48. The normalized spacial score (nSPS) is 23.6. The molecule has 3 N–H and O–H groups in total. The molecule has 1 aliphatic heterocycles. The first-order valence-corrected chi connectivity index (χ1v) is 12.6. The van der Waals surface area contributed by atoms with Crippen LogP contribution >= 0.6 is 0 Å². The van der Waals surface area contributed by atoms with Gasteiger partial charge in [0.05, 0.1) is 26.4 Å².